The van der Waals surface area contributed by atoms with Crippen molar-refractivity contribution in [1.82, 2.24) is 5.32 Å². The van der Waals surface area contributed by atoms with E-state index in [1.54, 1.807) is 6.07 Å². The Labute approximate surface area is 127 Å². The molecular formula is C19H24FN. The van der Waals surface area contributed by atoms with E-state index in [4.69, 9.17) is 0 Å². The van der Waals surface area contributed by atoms with E-state index in [1.165, 1.54) is 22.8 Å². The van der Waals surface area contributed by atoms with Crippen LogP contribution in [0.4, 0.5) is 4.39 Å². The van der Waals surface area contributed by atoms with Crippen molar-refractivity contribution in [3.63, 3.8) is 0 Å². The molecule has 21 heavy (non-hydrogen) atoms. The Morgan fingerprint density at radius 3 is 2.33 bits per heavy atom. The average Bonchev–Trinajstić information content (AvgIpc) is 2.45. The fourth-order valence-electron chi connectivity index (χ4n) is 2.69. The Kier molecular flexibility index (Phi) is 5.13. The van der Waals surface area contributed by atoms with Crippen LogP contribution in [0.5, 0.6) is 0 Å². The van der Waals surface area contributed by atoms with Gasteiger partial charge in [0.2, 0.25) is 0 Å². The molecule has 0 aromatic heterocycles. The van der Waals surface area contributed by atoms with E-state index in [2.05, 4.69) is 44.3 Å². The highest BCUT2D eigenvalue weighted by Crippen LogP contribution is 2.23. The Morgan fingerprint density at radius 2 is 1.67 bits per heavy atom. The average molecular weight is 285 g/mol. The molecule has 112 valence electrons. The number of nitrogens with one attached hydrogen (secondary N) is 1. The van der Waals surface area contributed by atoms with Crippen LogP contribution in [0.15, 0.2) is 36.4 Å². The second kappa shape index (κ2) is 6.86. The first-order chi connectivity index (χ1) is 10.0. The number of hydrogen-bond donors (Lipinski definition) is 1. The molecule has 1 atom stereocenters. The number of halogens is 1. The minimum Gasteiger partial charge on any atom is -0.310 e. The number of likely N-dealkylation sites (N-methyl/N-ethyl adjacent to an activating group) is 1. The van der Waals surface area contributed by atoms with Gasteiger partial charge in [0.05, 0.1) is 0 Å². The second-order valence-corrected chi connectivity index (χ2v) is 5.73. The summed E-state index contributed by atoms with van der Waals surface area (Å²) in [5, 5.41) is 3.48. The second-order valence-electron chi connectivity index (χ2n) is 5.73. The Bertz CT molecular complexity index is 619. The van der Waals surface area contributed by atoms with Gasteiger partial charge in [-0.15, -0.1) is 0 Å². The third-order valence-electron chi connectivity index (χ3n) is 4.08. The Morgan fingerprint density at radius 1 is 0.952 bits per heavy atom. The van der Waals surface area contributed by atoms with E-state index < -0.39 is 0 Å². The van der Waals surface area contributed by atoms with Crippen LogP contribution < -0.4 is 5.32 Å². The SMILES string of the molecule is CCNC(Cc1ccc(C)c(C)c1)c1cc(F)ccc1C. The molecule has 2 aromatic rings. The summed E-state index contributed by atoms with van der Waals surface area (Å²) in [5.74, 6) is -0.168. The summed E-state index contributed by atoms with van der Waals surface area (Å²) < 4.78 is 13.6. The van der Waals surface area contributed by atoms with E-state index in [1.807, 2.05) is 13.0 Å². The fourth-order valence-corrected chi connectivity index (χ4v) is 2.69. The largest absolute Gasteiger partial charge is 0.310 e. The maximum Gasteiger partial charge on any atom is 0.123 e. The van der Waals surface area contributed by atoms with E-state index >= 15 is 0 Å². The summed E-state index contributed by atoms with van der Waals surface area (Å²) in [6.45, 7) is 9.25. The maximum absolute atomic E-state index is 13.6. The lowest BCUT2D eigenvalue weighted by Gasteiger charge is -2.21. The summed E-state index contributed by atoms with van der Waals surface area (Å²) in [7, 11) is 0. The maximum atomic E-state index is 13.6. The molecule has 0 heterocycles. The van der Waals surface area contributed by atoms with Gasteiger partial charge in [0.15, 0.2) is 0 Å². The molecule has 0 bridgehead atoms. The van der Waals surface area contributed by atoms with Gasteiger partial charge in [0.1, 0.15) is 5.82 Å². The molecule has 1 nitrogen and oxygen atoms in total. The summed E-state index contributed by atoms with van der Waals surface area (Å²) in [4.78, 5) is 0. The predicted octanol–water partition coefficient (Wildman–Crippen LogP) is 4.64. The van der Waals surface area contributed by atoms with Crippen LogP contribution in [0.25, 0.3) is 0 Å². The molecule has 2 heteroatoms. The molecule has 2 aromatic carbocycles. The van der Waals surface area contributed by atoms with Crippen molar-refractivity contribution in [2.24, 2.45) is 0 Å². The molecule has 2 rings (SSSR count). The normalized spacial score (nSPS) is 12.4. The highest BCUT2D eigenvalue weighted by molar-refractivity contribution is 5.34. The lowest BCUT2D eigenvalue weighted by molar-refractivity contribution is 0.540. The Balaban J connectivity index is 2.30. The molecule has 0 spiro atoms. The first kappa shape index (κ1) is 15.7. The summed E-state index contributed by atoms with van der Waals surface area (Å²) >= 11 is 0. The fraction of sp³-hybridized carbons (Fsp3) is 0.368. The van der Waals surface area contributed by atoms with E-state index in [0.29, 0.717) is 0 Å². The van der Waals surface area contributed by atoms with Crippen molar-refractivity contribution in [3.05, 3.63) is 70.0 Å². The van der Waals surface area contributed by atoms with Crippen LogP contribution >= 0.6 is 0 Å². The van der Waals surface area contributed by atoms with Gasteiger partial charge in [-0.2, -0.15) is 0 Å². The summed E-state index contributed by atoms with van der Waals surface area (Å²) in [6, 6.07) is 11.7. The van der Waals surface area contributed by atoms with Crippen molar-refractivity contribution < 1.29 is 4.39 Å². The molecule has 0 radical (unpaired) electrons. The first-order valence-electron chi connectivity index (χ1n) is 7.56. The molecule has 1 unspecified atom stereocenters. The molecule has 0 saturated heterocycles. The number of benzene rings is 2. The Hall–Kier alpha value is -1.67. The quantitative estimate of drug-likeness (QED) is 0.843. The molecule has 0 saturated carbocycles. The van der Waals surface area contributed by atoms with Crippen LogP contribution in [0, 0.1) is 26.6 Å². The third kappa shape index (κ3) is 3.92. The van der Waals surface area contributed by atoms with Crippen molar-refractivity contribution >= 4 is 0 Å². The van der Waals surface area contributed by atoms with Crippen molar-refractivity contribution in [3.8, 4) is 0 Å². The number of aryl methyl sites for hydroxylation is 3. The lowest BCUT2D eigenvalue weighted by atomic mass is 9.94. The summed E-state index contributed by atoms with van der Waals surface area (Å²) in [5.41, 5.74) is 6.08. The number of hydrogen-bond acceptors (Lipinski definition) is 1. The standard InChI is InChI=1S/C19H24FN/c1-5-21-19(18-12-17(20)9-7-14(18)3)11-16-8-6-13(2)15(4)10-16/h6-10,12,19,21H,5,11H2,1-4H3. The zero-order valence-corrected chi connectivity index (χ0v) is 13.3. The molecular weight excluding hydrogens is 261 g/mol. The minimum atomic E-state index is -0.168. The summed E-state index contributed by atoms with van der Waals surface area (Å²) in [6.07, 6.45) is 0.874. The minimum absolute atomic E-state index is 0.146. The lowest BCUT2D eigenvalue weighted by Crippen LogP contribution is -2.24. The van der Waals surface area contributed by atoms with Gasteiger partial charge in [-0.25, -0.2) is 4.39 Å². The van der Waals surface area contributed by atoms with Crippen LogP contribution in [-0.2, 0) is 6.42 Å². The monoisotopic (exact) mass is 285 g/mol. The molecule has 0 fully saturated rings. The van der Waals surface area contributed by atoms with Crippen LogP contribution in [0.1, 0.15) is 40.8 Å². The van der Waals surface area contributed by atoms with Gasteiger partial charge in [-0.3, -0.25) is 0 Å². The van der Waals surface area contributed by atoms with Gasteiger partial charge >= 0.3 is 0 Å². The van der Waals surface area contributed by atoms with Gasteiger partial charge in [0.25, 0.3) is 0 Å². The smallest absolute Gasteiger partial charge is 0.123 e. The van der Waals surface area contributed by atoms with Gasteiger partial charge in [-0.05, 0) is 73.7 Å². The molecule has 0 aliphatic carbocycles. The van der Waals surface area contributed by atoms with E-state index in [9.17, 15) is 4.39 Å². The third-order valence-corrected chi connectivity index (χ3v) is 4.08. The first-order valence-corrected chi connectivity index (χ1v) is 7.56. The molecule has 0 amide bonds. The van der Waals surface area contributed by atoms with Crippen LogP contribution in [0.3, 0.4) is 0 Å². The van der Waals surface area contributed by atoms with Gasteiger partial charge < -0.3 is 5.32 Å². The van der Waals surface area contributed by atoms with Gasteiger partial charge in [0, 0.05) is 6.04 Å². The molecule has 0 aliphatic rings. The molecule has 0 aliphatic heterocycles. The molecule has 1 N–H and O–H groups in total. The van der Waals surface area contributed by atoms with Crippen LogP contribution in [-0.4, -0.2) is 6.54 Å². The van der Waals surface area contributed by atoms with Crippen molar-refractivity contribution in [1.29, 1.82) is 0 Å². The van der Waals surface area contributed by atoms with E-state index in [0.717, 1.165) is 24.1 Å². The highest BCUT2D eigenvalue weighted by atomic mass is 19.1. The number of rotatable bonds is 5. The van der Waals surface area contributed by atoms with Crippen molar-refractivity contribution in [2.45, 2.75) is 40.2 Å². The topological polar surface area (TPSA) is 12.0 Å². The predicted molar refractivity (Wildman–Crippen MR) is 87.2 cm³/mol. The van der Waals surface area contributed by atoms with Crippen LogP contribution in [0.2, 0.25) is 0 Å². The zero-order valence-electron chi connectivity index (χ0n) is 13.3. The van der Waals surface area contributed by atoms with Gasteiger partial charge in [-0.1, -0.05) is 31.2 Å². The van der Waals surface area contributed by atoms with Crippen molar-refractivity contribution in [2.75, 3.05) is 6.54 Å². The van der Waals surface area contributed by atoms with E-state index in [-0.39, 0.29) is 11.9 Å². The zero-order chi connectivity index (χ0) is 15.4. The highest BCUT2D eigenvalue weighted by Gasteiger charge is 2.14.